The minimum absolute atomic E-state index is 0.727. The third-order valence-electron chi connectivity index (χ3n) is 2.01. The predicted octanol–water partition coefficient (Wildman–Crippen LogP) is 0.805. The molecule has 1 atom stereocenters. The molecule has 0 aromatic heterocycles. The highest BCUT2D eigenvalue weighted by molar-refractivity contribution is 7.31. The first-order valence-electron chi connectivity index (χ1n) is 3.38. The van der Waals surface area contributed by atoms with Crippen molar-refractivity contribution >= 4 is 21.4 Å². The van der Waals surface area contributed by atoms with Crippen LogP contribution in [0.3, 0.4) is 0 Å². The van der Waals surface area contributed by atoms with Crippen molar-refractivity contribution in [1.82, 2.24) is 0 Å². The molecule has 1 fully saturated rings. The molecule has 1 unspecified atom stereocenters. The Kier molecular flexibility index (Phi) is 2.10. The maximum atomic E-state index is 5.37. The molecule has 0 nitrogen and oxygen atoms in total. The Hall–Kier alpha value is 0.195. The van der Waals surface area contributed by atoms with Gasteiger partial charge >= 0.3 is 0 Å². The summed E-state index contributed by atoms with van der Waals surface area (Å²) in [6, 6.07) is 0. The molecule has 1 heterocycles. The second-order valence-corrected chi connectivity index (χ2v) is 2.87. The summed E-state index contributed by atoms with van der Waals surface area (Å²) in [6.45, 7) is 3.02. The van der Waals surface area contributed by atoms with Gasteiger partial charge in [0.25, 0.3) is 0 Å². The molecule has 0 aromatic carbocycles. The van der Waals surface area contributed by atoms with Crippen molar-refractivity contribution in [2.45, 2.75) is 26.0 Å². The van der Waals surface area contributed by atoms with Gasteiger partial charge in [-0.25, -0.2) is 0 Å². The first-order chi connectivity index (χ1) is 3.83. The largest absolute Gasteiger partial charge is 0.0908 e. The van der Waals surface area contributed by atoms with Gasteiger partial charge in [-0.05, 0) is 0 Å². The van der Waals surface area contributed by atoms with Crippen molar-refractivity contribution in [2.75, 3.05) is 0 Å². The van der Waals surface area contributed by atoms with E-state index in [4.69, 9.17) is 7.74 Å². The smallest absolute Gasteiger partial charge is 0.0816 e. The molecule has 8 heavy (non-hydrogen) atoms. The Morgan fingerprint density at radius 3 is 2.75 bits per heavy atom. The fraction of sp³-hybridized carbons (Fsp3) is 1.00. The average Bonchev–Trinajstić information content (AvgIpc) is 2.14. The zero-order chi connectivity index (χ0) is 5.98. The van der Waals surface area contributed by atoms with Gasteiger partial charge in [0, 0.05) is 14.8 Å². The molecule has 1 aliphatic rings. The quantitative estimate of drug-likeness (QED) is 0.430. The second kappa shape index (κ2) is 2.66. The summed E-state index contributed by atoms with van der Waals surface area (Å²) in [4.78, 5) is 0. The molecule has 39 valence electrons. The van der Waals surface area contributed by atoms with Gasteiger partial charge in [-0.15, -0.1) is 0 Å². The van der Waals surface area contributed by atoms with Crippen LogP contribution in [-0.4, -0.2) is 21.4 Å². The Morgan fingerprint density at radius 2 is 2.50 bits per heavy atom. The average molecular weight is 103 g/mol. The Labute approximate surface area is 54.1 Å². The van der Waals surface area contributed by atoms with E-state index in [1.54, 1.807) is 0 Å². The van der Waals surface area contributed by atoms with Gasteiger partial charge in [0.15, 0.2) is 0 Å². The van der Waals surface area contributed by atoms with Crippen molar-refractivity contribution in [3.63, 3.8) is 0 Å². The third-order valence-corrected chi connectivity index (χ3v) is 2.01. The fourth-order valence-corrected chi connectivity index (χ4v) is 1.43. The topological polar surface area (TPSA) is 0 Å². The van der Waals surface area contributed by atoms with Crippen LogP contribution in [0.4, 0.5) is 0 Å². The SMILES string of the molecule is [B][B]B1CCC(C)C1. The van der Waals surface area contributed by atoms with Gasteiger partial charge in [0.05, 0.1) is 6.60 Å². The van der Waals surface area contributed by atoms with E-state index >= 15 is 0 Å². The van der Waals surface area contributed by atoms with Crippen molar-refractivity contribution in [3.05, 3.63) is 0 Å². The van der Waals surface area contributed by atoms with Crippen LogP contribution in [0, 0.1) is 5.92 Å². The zero-order valence-electron chi connectivity index (χ0n) is 5.43. The molecule has 1 rings (SSSR count). The predicted molar refractivity (Wildman–Crippen MR) is 40.7 cm³/mol. The van der Waals surface area contributed by atoms with Gasteiger partial charge in [-0.3, -0.25) is 0 Å². The summed E-state index contributed by atoms with van der Waals surface area (Å²) < 4.78 is 0. The molecule has 0 aliphatic carbocycles. The Bertz CT molecular complexity index is 74.1. The van der Waals surface area contributed by atoms with Gasteiger partial charge < -0.3 is 0 Å². The summed E-state index contributed by atoms with van der Waals surface area (Å²) >= 11 is 0. The van der Waals surface area contributed by atoms with Crippen molar-refractivity contribution in [2.24, 2.45) is 5.92 Å². The normalized spacial score (nSPS) is 28.6. The lowest BCUT2D eigenvalue weighted by molar-refractivity contribution is 0.658. The van der Waals surface area contributed by atoms with Gasteiger partial charge in [0.1, 0.15) is 0 Å². The van der Waals surface area contributed by atoms with Gasteiger partial charge in [0.2, 0.25) is 0 Å². The Balaban J connectivity index is 2.22. The van der Waals surface area contributed by atoms with Crippen LogP contribution < -0.4 is 0 Å². The molecular weight excluding hydrogens is 92.5 g/mol. The fourth-order valence-electron chi connectivity index (χ4n) is 1.43. The first kappa shape index (κ1) is 6.32. The van der Waals surface area contributed by atoms with Crippen LogP contribution in [-0.2, 0) is 0 Å². The van der Waals surface area contributed by atoms with Crippen LogP contribution in [0.5, 0.6) is 0 Å². The molecule has 0 amide bonds. The molecule has 0 aromatic rings. The minimum atomic E-state index is 0.727. The van der Waals surface area contributed by atoms with Crippen LogP contribution in [0.25, 0.3) is 0 Å². The Morgan fingerprint density at radius 1 is 1.75 bits per heavy atom. The maximum absolute atomic E-state index is 5.37. The van der Waals surface area contributed by atoms with Crippen molar-refractivity contribution < 1.29 is 0 Å². The summed E-state index contributed by atoms with van der Waals surface area (Å²) in [5.74, 6) is 0.916. The minimum Gasteiger partial charge on any atom is -0.0816 e. The highest BCUT2D eigenvalue weighted by Gasteiger charge is 2.21. The van der Waals surface area contributed by atoms with E-state index in [1.165, 1.54) is 19.1 Å². The van der Waals surface area contributed by atoms with E-state index in [0.717, 1.165) is 12.5 Å². The van der Waals surface area contributed by atoms with E-state index in [1.807, 2.05) is 7.06 Å². The highest BCUT2D eigenvalue weighted by Crippen LogP contribution is 2.24. The second-order valence-electron chi connectivity index (χ2n) is 2.87. The molecular formula is C5H10B3. The number of rotatable bonds is 1. The molecule has 1 aliphatic heterocycles. The van der Waals surface area contributed by atoms with Crippen LogP contribution in [0.1, 0.15) is 13.3 Å². The molecule has 0 N–H and O–H groups in total. The number of hydrogen-bond donors (Lipinski definition) is 0. The molecule has 3 radical (unpaired) electrons. The van der Waals surface area contributed by atoms with Crippen molar-refractivity contribution in [3.8, 4) is 0 Å². The molecule has 0 bridgehead atoms. The van der Waals surface area contributed by atoms with E-state index < -0.39 is 0 Å². The summed E-state index contributed by atoms with van der Waals surface area (Å²) in [5.41, 5.74) is 0. The van der Waals surface area contributed by atoms with E-state index in [0.29, 0.717) is 0 Å². The van der Waals surface area contributed by atoms with Gasteiger partial charge in [-0.2, -0.15) is 0 Å². The zero-order valence-corrected chi connectivity index (χ0v) is 5.43. The lowest BCUT2D eigenvalue weighted by Crippen LogP contribution is -2.17. The lowest BCUT2D eigenvalue weighted by Gasteiger charge is -1.98. The summed E-state index contributed by atoms with van der Waals surface area (Å²) in [7, 11) is 7.22. The van der Waals surface area contributed by atoms with Crippen LogP contribution in [0.2, 0.25) is 12.6 Å². The van der Waals surface area contributed by atoms with Crippen LogP contribution in [0.15, 0.2) is 0 Å². The first-order valence-corrected chi connectivity index (χ1v) is 3.38. The van der Waals surface area contributed by atoms with E-state index in [2.05, 4.69) is 6.92 Å². The maximum Gasteiger partial charge on any atom is 0.0908 e. The summed E-state index contributed by atoms with van der Waals surface area (Å²) in [6.07, 6.45) is 4.01. The standard InChI is InChI=1S/C5H10B3/c1-5-2-3-8(4-5)7-6/h5H,2-4H2,1H3. The van der Waals surface area contributed by atoms with E-state index in [-0.39, 0.29) is 0 Å². The highest BCUT2D eigenvalue weighted by atomic mass is 14.0. The molecule has 0 saturated carbocycles. The van der Waals surface area contributed by atoms with Gasteiger partial charge in [-0.1, -0.05) is 31.9 Å². The van der Waals surface area contributed by atoms with E-state index in [9.17, 15) is 0 Å². The molecule has 3 heteroatoms. The lowest BCUT2D eigenvalue weighted by atomic mass is 9.13. The third kappa shape index (κ3) is 1.33. The summed E-state index contributed by atoms with van der Waals surface area (Å²) in [5, 5.41) is 0. The van der Waals surface area contributed by atoms with Crippen molar-refractivity contribution in [1.29, 1.82) is 0 Å². The van der Waals surface area contributed by atoms with Crippen LogP contribution >= 0.6 is 0 Å². The molecule has 1 saturated heterocycles. The monoisotopic (exact) mass is 103 g/mol. The molecule has 0 spiro atoms. The number of hydrogen-bond acceptors (Lipinski definition) is 0.